The third-order valence-corrected chi connectivity index (χ3v) is 2.71. The second kappa shape index (κ2) is 7.41. The largest absolute Gasteiger partial charge is 0.459 e. The lowest BCUT2D eigenvalue weighted by Gasteiger charge is -2.21. The number of hydrogen-bond acceptors (Lipinski definition) is 4. The molecule has 1 aromatic carbocycles. The van der Waals surface area contributed by atoms with Crippen LogP contribution in [-0.2, 0) is 14.3 Å². The van der Waals surface area contributed by atoms with Crippen molar-refractivity contribution in [1.29, 1.82) is 0 Å². The molecule has 0 aromatic heterocycles. The molecule has 0 radical (unpaired) electrons. The smallest absolute Gasteiger partial charge is 0.397 e. The fourth-order valence-electron chi connectivity index (χ4n) is 1.72. The highest BCUT2D eigenvalue weighted by atomic mass is 16.5. The van der Waals surface area contributed by atoms with Crippen LogP contribution in [0.3, 0.4) is 0 Å². The van der Waals surface area contributed by atoms with Gasteiger partial charge in [0.1, 0.15) is 0 Å². The molecule has 5 heteroatoms. The standard InChI is InChI=1S/C14H20N2O3/c1-4-16(5-2)12-9-7-11(8-10-12)15-13(17)14(18)19-6-3/h7-10H,4-6H2,1-3H3,(H,15,17). The summed E-state index contributed by atoms with van der Waals surface area (Å²) in [6.45, 7) is 7.85. The summed E-state index contributed by atoms with van der Waals surface area (Å²) in [5, 5.41) is 2.50. The first-order valence-corrected chi connectivity index (χ1v) is 6.45. The van der Waals surface area contributed by atoms with Crippen LogP contribution in [-0.4, -0.2) is 31.6 Å². The van der Waals surface area contributed by atoms with Gasteiger partial charge in [0, 0.05) is 24.5 Å². The quantitative estimate of drug-likeness (QED) is 0.653. The van der Waals surface area contributed by atoms with Crippen molar-refractivity contribution >= 4 is 23.3 Å². The molecule has 1 rings (SSSR count). The molecule has 1 amide bonds. The number of amides is 1. The Balaban J connectivity index is 2.66. The van der Waals surface area contributed by atoms with E-state index in [1.165, 1.54) is 0 Å². The van der Waals surface area contributed by atoms with Gasteiger partial charge in [-0.25, -0.2) is 4.79 Å². The molecule has 19 heavy (non-hydrogen) atoms. The lowest BCUT2D eigenvalue weighted by molar-refractivity contribution is -0.152. The highest BCUT2D eigenvalue weighted by Gasteiger charge is 2.14. The van der Waals surface area contributed by atoms with Crippen molar-refractivity contribution in [3.63, 3.8) is 0 Å². The Labute approximate surface area is 113 Å². The van der Waals surface area contributed by atoms with Gasteiger partial charge in [0.25, 0.3) is 0 Å². The molecule has 0 heterocycles. The number of carbonyl (C=O) groups is 2. The van der Waals surface area contributed by atoms with Gasteiger partial charge in [0.15, 0.2) is 0 Å². The van der Waals surface area contributed by atoms with Crippen molar-refractivity contribution in [2.75, 3.05) is 29.9 Å². The molecular formula is C14H20N2O3. The molecule has 0 atom stereocenters. The first kappa shape index (κ1) is 15.0. The Morgan fingerprint density at radius 3 is 2.16 bits per heavy atom. The fraction of sp³-hybridized carbons (Fsp3) is 0.429. The number of benzene rings is 1. The van der Waals surface area contributed by atoms with Gasteiger partial charge in [-0.05, 0) is 45.0 Å². The van der Waals surface area contributed by atoms with Crippen LogP contribution in [0.1, 0.15) is 20.8 Å². The molecule has 104 valence electrons. The summed E-state index contributed by atoms with van der Waals surface area (Å²) < 4.78 is 4.61. The molecule has 5 nitrogen and oxygen atoms in total. The Morgan fingerprint density at radius 2 is 1.68 bits per heavy atom. The Kier molecular flexibility index (Phi) is 5.85. The van der Waals surface area contributed by atoms with E-state index in [-0.39, 0.29) is 6.61 Å². The number of hydrogen-bond donors (Lipinski definition) is 1. The van der Waals surface area contributed by atoms with E-state index in [2.05, 4.69) is 28.8 Å². The number of nitrogens with zero attached hydrogens (tertiary/aromatic N) is 1. The summed E-state index contributed by atoms with van der Waals surface area (Å²) in [5.41, 5.74) is 1.66. The van der Waals surface area contributed by atoms with E-state index < -0.39 is 11.9 Å². The minimum absolute atomic E-state index is 0.188. The molecule has 0 saturated heterocycles. The number of anilines is 2. The molecule has 0 aliphatic rings. The van der Waals surface area contributed by atoms with Gasteiger partial charge in [-0.3, -0.25) is 4.79 Å². The van der Waals surface area contributed by atoms with Crippen LogP contribution in [0.4, 0.5) is 11.4 Å². The van der Waals surface area contributed by atoms with E-state index in [1.54, 1.807) is 19.1 Å². The monoisotopic (exact) mass is 264 g/mol. The molecular weight excluding hydrogens is 244 g/mol. The lowest BCUT2D eigenvalue weighted by Crippen LogP contribution is -2.25. The molecule has 0 saturated carbocycles. The zero-order chi connectivity index (χ0) is 14.3. The van der Waals surface area contributed by atoms with Gasteiger partial charge in [-0.2, -0.15) is 0 Å². The molecule has 1 aromatic rings. The molecule has 0 fully saturated rings. The topological polar surface area (TPSA) is 58.6 Å². The van der Waals surface area contributed by atoms with Crippen LogP contribution in [0.5, 0.6) is 0 Å². The SMILES string of the molecule is CCOC(=O)C(=O)Nc1ccc(N(CC)CC)cc1. The lowest BCUT2D eigenvalue weighted by atomic mass is 10.2. The third-order valence-electron chi connectivity index (χ3n) is 2.71. The number of rotatable bonds is 5. The van der Waals surface area contributed by atoms with Crippen molar-refractivity contribution in [3.05, 3.63) is 24.3 Å². The second-order valence-corrected chi connectivity index (χ2v) is 3.89. The van der Waals surface area contributed by atoms with E-state index in [4.69, 9.17) is 0 Å². The van der Waals surface area contributed by atoms with Crippen molar-refractivity contribution < 1.29 is 14.3 Å². The third kappa shape index (κ3) is 4.28. The minimum Gasteiger partial charge on any atom is -0.459 e. The summed E-state index contributed by atoms with van der Waals surface area (Å²) in [6, 6.07) is 7.36. The fourth-order valence-corrected chi connectivity index (χ4v) is 1.72. The van der Waals surface area contributed by atoms with Gasteiger partial charge < -0.3 is 15.0 Å². The van der Waals surface area contributed by atoms with Crippen LogP contribution in [0.25, 0.3) is 0 Å². The van der Waals surface area contributed by atoms with Crippen LogP contribution in [0.15, 0.2) is 24.3 Å². The molecule has 0 unspecified atom stereocenters. The molecule has 0 bridgehead atoms. The maximum Gasteiger partial charge on any atom is 0.397 e. The number of ether oxygens (including phenoxy) is 1. The normalized spacial score (nSPS) is 9.84. The summed E-state index contributed by atoms with van der Waals surface area (Å²) in [7, 11) is 0. The Bertz CT molecular complexity index is 425. The van der Waals surface area contributed by atoms with Gasteiger partial charge in [-0.15, -0.1) is 0 Å². The summed E-state index contributed by atoms with van der Waals surface area (Å²) in [5.74, 6) is -1.62. The van der Waals surface area contributed by atoms with Crippen molar-refractivity contribution in [2.45, 2.75) is 20.8 Å². The maximum absolute atomic E-state index is 11.4. The van der Waals surface area contributed by atoms with E-state index in [1.807, 2.05) is 12.1 Å². The zero-order valence-corrected chi connectivity index (χ0v) is 11.6. The van der Waals surface area contributed by atoms with Crippen molar-refractivity contribution in [1.82, 2.24) is 0 Å². The first-order valence-electron chi connectivity index (χ1n) is 6.45. The predicted octanol–water partition coefficient (Wildman–Crippen LogP) is 2.03. The average molecular weight is 264 g/mol. The highest BCUT2D eigenvalue weighted by molar-refractivity contribution is 6.37. The Hall–Kier alpha value is -2.04. The van der Waals surface area contributed by atoms with Gasteiger partial charge in [0.05, 0.1) is 6.61 Å². The molecule has 0 spiro atoms. The van der Waals surface area contributed by atoms with Crippen LogP contribution in [0, 0.1) is 0 Å². The summed E-state index contributed by atoms with van der Waals surface area (Å²) >= 11 is 0. The highest BCUT2D eigenvalue weighted by Crippen LogP contribution is 2.17. The van der Waals surface area contributed by atoms with Gasteiger partial charge in [-0.1, -0.05) is 0 Å². The molecule has 0 aliphatic heterocycles. The Morgan fingerprint density at radius 1 is 1.11 bits per heavy atom. The average Bonchev–Trinajstić information content (AvgIpc) is 2.42. The number of nitrogens with one attached hydrogen (secondary N) is 1. The number of carbonyl (C=O) groups excluding carboxylic acids is 2. The number of esters is 1. The van der Waals surface area contributed by atoms with Crippen molar-refractivity contribution in [2.24, 2.45) is 0 Å². The molecule has 0 aliphatic carbocycles. The second-order valence-electron chi connectivity index (χ2n) is 3.89. The van der Waals surface area contributed by atoms with E-state index >= 15 is 0 Å². The van der Waals surface area contributed by atoms with Crippen molar-refractivity contribution in [3.8, 4) is 0 Å². The van der Waals surface area contributed by atoms with Crippen LogP contribution >= 0.6 is 0 Å². The van der Waals surface area contributed by atoms with Gasteiger partial charge in [0.2, 0.25) is 0 Å². The predicted molar refractivity (Wildman–Crippen MR) is 75.3 cm³/mol. The minimum atomic E-state index is -0.865. The van der Waals surface area contributed by atoms with E-state index in [0.29, 0.717) is 5.69 Å². The summed E-state index contributed by atoms with van der Waals surface area (Å²) in [6.07, 6.45) is 0. The summed E-state index contributed by atoms with van der Waals surface area (Å²) in [4.78, 5) is 24.8. The van der Waals surface area contributed by atoms with Crippen LogP contribution < -0.4 is 10.2 Å². The maximum atomic E-state index is 11.4. The van der Waals surface area contributed by atoms with Crippen LogP contribution in [0.2, 0.25) is 0 Å². The molecule has 1 N–H and O–H groups in total. The van der Waals surface area contributed by atoms with Gasteiger partial charge >= 0.3 is 11.9 Å². The first-order chi connectivity index (χ1) is 9.12. The zero-order valence-electron chi connectivity index (χ0n) is 11.6. The van der Waals surface area contributed by atoms with E-state index in [0.717, 1.165) is 18.8 Å². The van der Waals surface area contributed by atoms with E-state index in [9.17, 15) is 9.59 Å².